The molecule has 0 saturated carbocycles. The predicted octanol–water partition coefficient (Wildman–Crippen LogP) is 15.0. The summed E-state index contributed by atoms with van der Waals surface area (Å²) in [5.74, 6) is 0.594. The van der Waals surface area contributed by atoms with E-state index < -0.39 is 0 Å². The first-order valence-electron chi connectivity index (χ1n) is 19.0. The molecule has 2 nitrogen and oxygen atoms in total. The third-order valence-corrected chi connectivity index (χ3v) is 10.4. The minimum Gasteiger partial charge on any atom is -0.318 e. The van der Waals surface area contributed by atoms with E-state index in [2.05, 4.69) is 189 Å². The van der Waals surface area contributed by atoms with Crippen molar-refractivity contribution in [3.63, 3.8) is 0 Å². The molecule has 2 heterocycles. The molecule has 0 spiro atoms. The molecule has 0 fully saturated rings. The van der Waals surface area contributed by atoms with Crippen LogP contribution in [0.4, 0.5) is 11.4 Å². The highest BCUT2D eigenvalue weighted by atomic mass is 32.1. The van der Waals surface area contributed by atoms with Gasteiger partial charge in [0.25, 0.3) is 0 Å². The van der Waals surface area contributed by atoms with Gasteiger partial charge in [-0.25, -0.2) is 0 Å². The molecule has 0 unspecified atom stereocenters. The number of rotatable bonds is 3. The Morgan fingerprint density at radius 1 is 0.648 bits per heavy atom. The second kappa shape index (κ2) is 19.7. The lowest BCUT2D eigenvalue weighted by atomic mass is 9.91. The fraction of sp³-hybridized carbons (Fsp3) is 0.216. The van der Waals surface area contributed by atoms with Gasteiger partial charge in [-0.1, -0.05) is 165 Å². The van der Waals surface area contributed by atoms with Gasteiger partial charge in [0.2, 0.25) is 0 Å². The number of hydrogen-bond donors (Lipinski definition) is 1. The van der Waals surface area contributed by atoms with Crippen molar-refractivity contribution in [1.82, 2.24) is 5.32 Å². The average molecular weight is 731 g/mol. The SMILES string of the molecule is C.C=C1c2ccccc2/C=C\N(c2cccc(C)c2)c2cc3sc4ccccc4c3cc21.CC.CC.CNC(C)C.c1ccc(C2c3ccccc32)cc1. The molecule has 1 N–H and O–H groups in total. The summed E-state index contributed by atoms with van der Waals surface area (Å²) in [7, 11) is 1.95. The van der Waals surface area contributed by atoms with Crippen LogP contribution in [0.5, 0.6) is 0 Å². The van der Waals surface area contributed by atoms with E-state index in [1.807, 2.05) is 46.1 Å². The number of benzene rings is 6. The maximum absolute atomic E-state index is 4.56. The molecular formula is C51H58N2S. The molecule has 9 rings (SSSR count). The molecule has 7 aromatic rings. The molecule has 54 heavy (non-hydrogen) atoms. The van der Waals surface area contributed by atoms with Gasteiger partial charge in [0.1, 0.15) is 0 Å². The second-order valence-corrected chi connectivity index (χ2v) is 14.1. The standard InChI is InChI=1S/C29H21NS.C13H10.C4H11N.2C2H6.CH4/c1-19-8-7-10-22(16-19)30-15-14-21-9-3-4-11-23(21)20(2)25-17-26-24-12-5-6-13-28(24)31-29(26)18-27(25)30;1-2-6-10(7-3-1)13-11-8-4-5-9-12(11)13;1-4(2)5-3;2*1-2;/h3-18H,2H2,1H3;1-9,13H;4-5H,1-3H3;2*1-2H3;1H4/b15-14-;;;;;. The van der Waals surface area contributed by atoms with Crippen LogP contribution in [0, 0.1) is 6.92 Å². The minimum atomic E-state index is 0. The van der Waals surface area contributed by atoms with Crippen LogP contribution in [0.15, 0.2) is 152 Å². The van der Waals surface area contributed by atoms with Crippen LogP contribution >= 0.6 is 11.3 Å². The minimum absolute atomic E-state index is 0. The Morgan fingerprint density at radius 3 is 1.93 bits per heavy atom. The summed E-state index contributed by atoms with van der Waals surface area (Å²) < 4.78 is 2.62. The van der Waals surface area contributed by atoms with Crippen LogP contribution in [-0.4, -0.2) is 13.1 Å². The summed E-state index contributed by atoms with van der Waals surface area (Å²) in [5, 5.41) is 5.64. The van der Waals surface area contributed by atoms with Gasteiger partial charge in [-0.15, -0.1) is 11.3 Å². The molecule has 3 heteroatoms. The van der Waals surface area contributed by atoms with Crippen molar-refractivity contribution >= 4 is 54.5 Å². The maximum Gasteiger partial charge on any atom is 0.0548 e. The van der Waals surface area contributed by atoms with E-state index in [0.29, 0.717) is 12.0 Å². The monoisotopic (exact) mass is 730 g/mol. The zero-order valence-electron chi connectivity index (χ0n) is 32.7. The Hall–Kier alpha value is -5.22. The highest BCUT2D eigenvalue weighted by Crippen LogP contribution is 2.48. The van der Waals surface area contributed by atoms with Crippen LogP contribution < -0.4 is 10.2 Å². The number of nitrogens with zero attached hydrogens (tertiary/aromatic N) is 1. The summed E-state index contributed by atoms with van der Waals surface area (Å²) in [6.07, 6.45) is 4.39. The molecule has 0 atom stereocenters. The first kappa shape index (κ1) is 41.5. The Balaban J connectivity index is 0.000000234. The average Bonchev–Trinajstić information content (AvgIpc) is 3.84. The van der Waals surface area contributed by atoms with Gasteiger partial charge in [-0.05, 0) is 89.3 Å². The van der Waals surface area contributed by atoms with Gasteiger partial charge in [-0.2, -0.15) is 0 Å². The normalized spacial score (nSPS) is 12.6. The summed E-state index contributed by atoms with van der Waals surface area (Å²) in [6, 6.07) is 50.5. The number of aryl methyl sites for hydroxylation is 1. The lowest BCUT2D eigenvalue weighted by molar-refractivity contribution is 0.668. The van der Waals surface area contributed by atoms with Crippen molar-refractivity contribution in [2.24, 2.45) is 0 Å². The smallest absolute Gasteiger partial charge is 0.0548 e. The van der Waals surface area contributed by atoms with Gasteiger partial charge in [0.15, 0.2) is 0 Å². The highest BCUT2D eigenvalue weighted by molar-refractivity contribution is 7.25. The number of thiophene rings is 1. The van der Waals surface area contributed by atoms with Crippen molar-refractivity contribution < 1.29 is 0 Å². The Morgan fingerprint density at radius 2 is 1.26 bits per heavy atom. The van der Waals surface area contributed by atoms with Gasteiger partial charge in [-0.3, -0.25) is 0 Å². The fourth-order valence-electron chi connectivity index (χ4n) is 6.47. The molecule has 0 amide bonds. The van der Waals surface area contributed by atoms with Crippen molar-refractivity contribution in [3.05, 3.63) is 191 Å². The van der Waals surface area contributed by atoms with E-state index >= 15 is 0 Å². The van der Waals surface area contributed by atoms with E-state index in [4.69, 9.17) is 0 Å². The molecule has 1 aliphatic carbocycles. The predicted molar refractivity (Wildman–Crippen MR) is 244 cm³/mol. The van der Waals surface area contributed by atoms with Gasteiger partial charge >= 0.3 is 0 Å². The van der Waals surface area contributed by atoms with Crippen molar-refractivity contribution in [2.75, 3.05) is 11.9 Å². The molecular weight excluding hydrogens is 673 g/mol. The van der Waals surface area contributed by atoms with Gasteiger partial charge in [0.05, 0.1) is 5.69 Å². The molecule has 6 aromatic carbocycles. The number of fused-ring (bicyclic) bond motifs is 6. The Bertz CT molecular complexity index is 2270. The molecule has 0 bridgehead atoms. The van der Waals surface area contributed by atoms with Crippen LogP contribution in [0.1, 0.15) is 93.8 Å². The maximum atomic E-state index is 4.56. The van der Waals surface area contributed by atoms with Crippen molar-refractivity contribution in [1.29, 1.82) is 0 Å². The summed E-state index contributed by atoms with van der Waals surface area (Å²) in [4.78, 5) is 2.30. The van der Waals surface area contributed by atoms with Crippen molar-refractivity contribution in [2.45, 2.75) is 67.9 Å². The zero-order valence-corrected chi connectivity index (χ0v) is 33.5. The van der Waals surface area contributed by atoms with E-state index in [9.17, 15) is 0 Å². The summed E-state index contributed by atoms with van der Waals surface area (Å²) in [5.41, 5.74) is 12.6. The van der Waals surface area contributed by atoms with Gasteiger partial charge < -0.3 is 10.2 Å². The largest absolute Gasteiger partial charge is 0.318 e. The third-order valence-electron chi connectivity index (χ3n) is 9.29. The van der Waals surface area contributed by atoms with Crippen LogP contribution in [0.3, 0.4) is 0 Å². The first-order valence-corrected chi connectivity index (χ1v) is 19.8. The lowest BCUT2D eigenvalue weighted by Crippen LogP contribution is -2.15. The molecule has 1 aliphatic heterocycles. The third kappa shape index (κ3) is 9.28. The van der Waals surface area contributed by atoms with E-state index in [1.54, 1.807) is 0 Å². The van der Waals surface area contributed by atoms with Crippen molar-refractivity contribution in [3.8, 4) is 0 Å². The summed E-state index contributed by atoms with van der Waals surface area (Å²) in [6.45, 7) is 18.9. The second-order valence-electron chi connectivity index (χ2n) is 13.0. The quantitative estimate of drug-likeness (QED) is 0.195. The lowest BCUT2D eigenvalue weighted by Gasteiger charge is -2.27. The van der Waals surface area contributed by atoms with E-state index in [1.165, 1.54) is 64.8 Å². The van der Waals surface area contributed by atoms with Gasteiger partial charge in [0, 0.05) is 49.6 Å². The number of hydrogen-bond acceptors (Lipinski definition) is 3. The first-order chi connectivity index (χ1) is 25.9. The summed E-state index contributed by atoms with van der Waals surface area (Å²) >= 11 is 1.85. The Labute approximate surface area is 329 Å². The van der Waals surface area contributed by atoms with Crippen LogP contribution in [0.25, 0.3) is 31.8 Å². The van der Waals surface area contributed by atoms with E-state index in [0.717, 1.165) is 11.3 Å². The number of anilines is 2. The molecule has 0 radical (unpaired) electrons. The molecule has 0 saturated heterocycles. The van der Waals surface area contributed by atoms with Crippen LogP contribution in [0.2, 0.25) is 0 Å². The Kier molecular flexibility index (Phi) is 15.2. The van der Waals surface area contributed by atoms with E-state index in [-0.39, 0.29) is 7.43 Å². The number of nitrogens with one attached hydrogen (secondary N) is 1. The molecule has 278 valence electrons. The zero-order chi connectivity index (χ0) is 37.9. The molecule has 1 aromatic heterocycles. The van der Waals surface area contributed by atoms with Crippen LogP contribution in [-0.2, 0) is 0 Å². The highest BCUT2D eigenvalue weighted by Gasteiger charge is 2.32. The fourth-order valence-corrected chi connectivity index (χ4v) is 7.59. The molecule has 2 aliphatic rings. The topological polar surface area (TPSA) is 15.3 Å².